The summed E-state index contributed by atoms with van der Waals surface area (Å²) < 4.78 is 32.3. The van der Waals surface area contributed by atoms with Crippen molar-refractivity contribution in [2.45, 2.75) is 13.8 Å². The molecule has 0 spiro atoms. The molecular weight excluding hydrogens is 388 g/mol. The number of amides is 1. The number of anilines is 1. The van der Waals surface area contributed by atoms with Crippen molar-refractivity contribution in [2.24, 2.45) is 0 Å². The molecule has 0 aliphatic carbocycles. The van der Waals surface area contributed by atoms with E-state index in [0.717, 1.165) is 11.6 Å². The van der Waals surface area contributed by atoms with Gasteiger partial charge in [-0.2, -0.15) is 0 Å². The number of carbonyl (C=O) groups is 2. The van der Waals surface area contributed by atoms with Gasteiger partial charge in [0.2, 0.25) is 5.91 Å². The van der Waals surface area contributed by atoms with E-state index in [0.29, 0.717) is 28.1 Å². The van der Waals surface area contributed by atoms with Crippen molar-refractivity contribution in [1.82, 2.24) is 0 Å². The molecule has 0 aliphatic heterocycles. The van der Waals surface area contributed by atoms with Crippen LogP contribution in [0, 0.1) is 11.6 Å². The highest BCUT2D eigenvalue weighted by atomic mass is 19.1. The Balaban J connectivity index is 1.68. The number of allylic oxidation sites excluding steroid dienone is 1. The zero-order valence-corrected chi connectivity index (χ0v) is 16.4. The van der Waals surface area contributed by atoms with Gasteiger partial charge in [-0.05, 0) is 60.0 Å². The van der Waals surface area contributed by atoms with Crippen molar-refractivity contribution < 1.29 is 23.1 Å². The van der Waals surface area contributed by atoms with Crippen LogP contribution in [0.3, 0.4) is 0 Å². The van der Waals surface area contributed by atoms with Gasteiger partial charge in [0.15, 0.2) is 0 Å². The van der Waals surface area contributed by atoms with Crippen LogP contribution in [0.2, 0.25) is 0 Å². The fourth-order valence-electron chi connectivity index (χ4n) is 2.85. The third-order valence-electron chi connectivity index (χ3n) is 4.31. The van der Waals surface area contributed by atoms with E-state index in [2.05, 4.69) is 5.32 Å². The van der Waals surface area contributed by atoms with Crippen molar-refractivity contribution in [1.29, 1.82) is 0 Å². The van der Waals surface area contributed by atoms with Crippen LogP contribution in [0.25, 0.3) is 16.7 Å². The van der Waals surface area contributed by atoms with E-state index in [1.807, 2.05) is 0 Å². The third-order valence-corrected chi connectivity index (χ3v) is 4.31. The first-order chi connectivity index (χ1) is 14.3. The number of benzene rings is 3. The molecule has 0 saturated heterocycles. The van der Waals surface area contributed by atoms with Crippen molar-refractivity contribution >= 4 is 23.1 Å². The predicted molar refractivity (Wildman–Crippen MR) is 112 cm³/mol. The zero-order chi connectivity index (χ0) is 21.7. The van der Waals surface area contributed by atoms with Crippen LogP contribution in [0.4, 0.5) is 14.5 Å². The molecule has 6 heteroatoms. The molecule has 0 radical (unpaired) electrons. The average Bonchev–Trinajstić information content (AvgIpc) is 2.69. The molecule has 30 heavy (non-hydrogen) atoms. The standard InChI is InChI=1S/C24H19F2NO3/c1-15(13-24(29)30-21-10-8-20(9-11-21)27-16(2)28)17-3-5-18(6-4-17)22-12-7-19(25)14-23(22)26/h3-14H,1-2H3,(H,27,28)/b15-13-. The summed E-state index contributed by atoms with van der Waals surface area (Å²) in [7, 11) is 0. The van der Waals surface area contributed by atoms with Gasteiger partial charge >= 0.3 is 5.97 Å². The van der Waals surface area contributed by atoms with E-state index in [4.69, 9.17) is 4.74 Å². The quantitative estimate of drug-likeness (QED) is 0.340. The lowest BCUT2D eigenvalue weighted by Gasteiger charge is -2.07. The molecule has 4 nitrogen and oxygen atoms in total. The molecular formula is C24H19F2NO3. The summed E-state index contributed by atoms with van der Waals surface area (Å²) in [5.74, 6) is -1.65. The summed E-state index contributed by atoms with van der Waals surface area (Å²) in [6, 6.07) is 16.8. The highest BCUT2D eigenvalue weighted by molar-refractivity contribution is 5.92. The maximum Gasteiger partial charge on any atom is 0.336 e. The van der Waals surface area contributed by atoms with Gasteiger partial charge in [-0.3, -0.25) is 4.79 Å². The molecule has 0 saturated carbocycles. The highest BCUT2D eigenvalue weighted by Crippen LogP contribution is 2.25. The minimum Gasteiger partial charge on any atom is -0.423 e. The number of rotatable bonds is 5. The van der Waals surface area contributed by atoms with E-state index in [1.54, 1.807) is 55.5 Å². The first-order valence-electron chi connectivity index (χ1n) is 9.15. The predicted octanol–water partition coefficient (Wildman–Crippen LogP) is 5.60. The maximum atomic E-state index is 13.9. The third kappa shape index (κ3) is 5.38. The van der Waals surface area contributed by atoms with Crippen LogP contribution in [0.15, 0.2) is 72.8 Å². The molecule has 0 heterocycles. The number of carbonyl (C=O) groups excluding carboxylic acids is 2. The SMILES string of the molecule is CC(=O)Nc1ccc(OC(=O)/C=C(/C)c2ccc(-c3ccc(F)cc3F)cc2)cc1. The Hall–Kier alpha value is -3.80. The summed E-state index contributed by atoms with van der Waals surface area (Å²) in [5, 5.41) is 2.63. The van der Waals surface area contributed by atoms with Gasteiger partial charge in [-0.25, -0.2) is 13.6 Å². The van der Waals surface area contributed by atoms with Gasteiger partial charge in [0.25, 0.3) is 0 Å². The van der Waals surface area contributed by atoms with Crippen molar-refractivity contribution in [3.63, 3.8) is 0 Å². The Morgan fingerprint density at radius 3 is 2.17 bits per heavy atom. The Bertz CT molecular complexity index is 1100. The summed E-state index contributed by atoms with van der Waals surface area (Å²) in [6.07, 6.45) is 1.36. The van der Waals surface area contributed by atoms with Crippen molar-refractivity contribution in [3.8, 4) is 16.9 Å². The normalized spacial score (nSPS) is 11.1. The lowest BCUT2D eigenvalue weighted by Crippen LogP contribution is -2.07. The highest BCUT2D eigenvalue weighted by Gasteiger charge is 2.08. The van der Waals surface area contributed by atoms with Crippen molar-refractivity contribution in [3.05, 3.63) is 90.0 Å². The number of ether oxygens (including phenoxy) is 1. The Labute approximate surface area is 172 Å². The molecule has 0 bridgehead atoms. The second-order valence-corrected chi connectivity index (χ2v) is 6.66. The van der Waals surface area contributed by atoms with E-state index < -0.39 is 17.6 Å². The molecule has 0 fully saturated rings. The van der Waals surface area contributed by atoms with Gasteiger partial charge in [0.05, 0.1) is 0 Å². The molecule has 3 aromatic rings. The lowest BCUT2D eigenvalue weighted by molar-refractivity contribution is -0.129. The monoisotopic (exact) mass is 407 g/mol. The minimum absolute atomic E-state index is 0.188. The van der Waals surface area contributed by atoms with Crippen molar-refractivity contribution in [2.75, 3.05) is 5.32 Å². The Kier molecular flexibility index (Phi) is 6.37. The first-order valence-corrected chi connectivity index (χ1v) is 9.15. The zero-order valence-electron chi connectivity index (χ0n) is 16.4. The van der Waals surface area contributed by atoms with Crippen LogP contribution in [-0.4, -0.2) is 11.9 Å². The van der Waals surface area contributed by atoms with Crippen LogP contribution in [0.1, 0.15) is 19.4 Å². The number of hydrogen-bond donors (Lipinski definition) is 1. The van der Waals surface area contributed by atoms with E-state index in [1.165, 1.54) is 25.1 Å². The van der Waals surface area contributed by atoms with Gasteiger partial charge in [0, 0.05) is 30.3 Å². The topological polar surface area (TPSA) is 55.4 Å². The molecule has 1 amide bonds. The fourth-order valence-corrected chi connectivity index (χ4v) is 2.85. The van der Waals surface area contributed by atoms with Gasteiger partial charge in [-0.15, -0.1) is 0 Å². The Morgan fingerprint density at radius 2 is 1.57 bits per heavy atom. The van der Waals surface area contributed by atoms with Gasteiger partial charge in [0.1, 0.15) is 17.4 Å². The lowest BCUT2D eigenvalue weighted by atomic mass is 10.0. The van der Waals surface area contributed by atoms with Gasteiger partial charge < -0.3 is 10.1 Å². The molecule has 3 aromatic carbocycles. The summed E-state index contributed by atoms with van der Waals surface area (Å²) in [6.45, 7) is 3.17. The molecule has 1 N–H and O–H groups in total. The summed E-state index contributed by atoms with van der Waals surface area (Å²) in [5.41, 5.74) is 2.93. The van der Waals surface area contributed by atoms with Crippen LogP contribution >= 0.6 is 0 Å². The Morgan fingerprint density at radius 1 is 0.900 bits per heavy atom. The van der Waals surface area contributed by atoms with Gasteiger partial charge in [-0.1, -0.05) is 24.3 Å². The number of nitrogens with one attached hydrogen (secondary N) is 1. The minimum atomic E-state index is -0.636. The molecule has 0 aromatic heterocycles. The molecule has 0 unspecified atom stereocenters. The molecule has 152 valence electrons. The van der Waals surface area contributed by atoms with E-state index in [9.17, 15) is 18.4 Å². The smallest absolute Gasteiger partial charge is 0.336 e. The summed E-state index contributed by atoms with van der Waals surface area (Å²) >= 11 is 0. The summed E-state index contributed by atoms with van der Waals surface area (Å²) in [4.78, 5) is 23.2. The fraction of sp³-hybridized carbons (Fsp3) is 0.0833. The number of halogens is 2. The largest absolute Gasteiger partial charge is 0.423 e. The second kappa shape index (κ2) is 9.13. The van der Waals surface area contributed by atoms with Crippen LogP contribution in [0.5, 0.6) is 5.75 Å². The first kappa shape index (κ1) is 20.9. The number of hydrogen-bond acceptors (Lipinski definition) is 3. The number of esters is 1. The van der Waals surface area contributed by atoms with E-state index >= 15 is 0 Å². The van der Waals surface area contributed by atoms with Crippen LogP contribution < -0.4 is 10.1 Å². The van der Waals surface area contributed by atoms with Crippen LogP contribution in [-0.2, 0) is 9.59 Å². The molecule has 0 aliphatic rings. The molecule has 3 rings (SSSR count). The second-order valence-electron chi connectivity index (χ2n) is 6.66. The van der Waals surface area contributed by atoms with E-state index in [-0.39, 0.29) is 5.91 Å². The molecule has 0 atom stereocenters. The maximum absolute atomic E-state index is 13.9. The average molecular weight is 407 g/mol.